The van der Waals surface area contributed by atoms with E-state index in [1.54, 1.807) is 7.11 Å². The van der Waals surface area contributed by atoms with Gasteiger partial charge in [0.25, 0.3) is 0 Å². The van der Waals surface area contributed by atoms with Gasteiger partial charge in [-0.15, -0.1) is 0 Å². The Morgan fingerprint density at radius 2 is 1.24 bits per heavy atom. The van der Waals surface area contributed by atoms with E-state index in [1.807, 2.05) is 0 Å². The second-order valence-corrected chi connectivity index (χ2v) is 6.37. The van der Waals surface area contributed by atoms with Crippen molar-refractivity contribution in [2.45, 2.75) is 45.4 Å². The summed E-state index contributed by atoms with van der Waals surface area (Å²) in [5.41, 5.74) is 0. The Balaban J connectivity index is 3.34. The number of rotatable bonds is 16. The number of hydrogen-bond acceptors (Lipinski definition) is 3. The van der Waals surface area contributed by atoms with Gasteiger partial charge in [0, 0.05) is 7.11 Å². The van der Waals surface area contributed by atoms with Crippen LogP contribution in [0.1, 0.15) is 45.4 Å². The first kappa shape index (κ1) is 20.8. The number of hydrogen-bond donors (Lipinski definition) is 0. The smallest absolute Gasteiger partial charge is 0.102 e. The van der Waals surface area contributed by atoms with Gasteiger partial charge in [0.2, 0.25) is 0 Å². The van der Waals surface area contributed by atoms with E-state index < -0.39 is 0 Å². The molecule has 21 heavy (non-hydrogen) atoms. The highest BCUT2D eigenvalue weighted by Crippen LogP contribution is 2.08. The third kappa shape index (κ3) is 16.0. The van der Waals surface area contributed by atoms with Crippen molar-refractivity contribution in [3.63, 3.8) is 0 Å². The topological polar surface area (TPSA) is 27.7 Å². The predicted octanol–water partition coefficient (Wildman–Crippen LogP) is 3.10. The van der Waals surface area contributed by atoms with E-state index in [9.17, 15) is 0 Å². The van der Waals surface area contributed by atoms with Gasteiger partial charge in [-0.25, -0.2) is 0 Å². The fourth-order valence-corrected chi connectivity index (χ4v) is 2.21. The van der Waals surface area contributed by atoms with E-state index in [1.165, 1.54) is 45.1 Å². The van der Waals surface area contributed by atoms with E-state index in [4.69, 9.17) is 14.2 Å². The van der Waals surface area contributed by atoms with Crippen LogP contribution < -0.4 is 0 Å². The summed E-state index contributed by atoms with van der Waals surface area (Å²) in [6.45, 7) is 8.06. The first-order valence-corrected chi connectivity index (χ1v) is 8.59. The van der Waals surface area contributed by atoms with Gasteiger partial charge < -0.3 is 18.7 Å². The minimum Gasteiger partial charge on any atom is -0.382 e. The van der Waals surface area contributed by atoms with E-state index in [0.717, 1.165) is 17.6 Å². The number of ether oxygens (including phenoxy) is 3. The van der Waals surface area contributed by atoms with Gasteiger partial charge in [-0.1, -0.05) is 32.6 Å². The summed E-state index contributed by atoms with van der Waals surface area (Å²) in [6, 6.07) is 0. The highest BCUT2D eigenvalue weighted by Gasteiger charge is 2.13. The summed E-state index contributed by atoms with van der Waals surface area (Å²) < 4.78 is 17.0. The molecule has 0 heterocycles. The third-order valence-electron chi connectivity index (χ3n) is 3.76. The van der Waals surface area contributed by atoms with E-state index >= 15 is 0 Å². The number of quaternary nitrogens is 1. The van der Waals surface area contributed by atoms with Crippen LogP contribution in [0, 0.1) is 0 Å². The van der Waals surface area contributed by atoms with Crippen molar-refractivity contribution in [3.05, 3.63) is 0 Å². The molecule has 0 amide bonds. The molecule has 0 rings (SSSR count). The van der Waals surface area contributed by atoms with Crippen LogP contribution in [0.4, 0.5) is 0 Å². The van der Waals surface area contributed by atoms with Crippen molar-refractivity contribution in [1.29, 1.82) is 0 Å². The second-order valence-electron chi connectivity index (χ2n) is 6.37. The van der Waals surface area contributed by atoms with Gasteiger partial charge in [0.1, 0.15) is 6.54 Å². The van der Waals surface area contributed by atoms with Crippen molar-refractivity contribution < 1.29 is 18.7 Å². The molecular weight excluding hydrogens is 266 g/mol. The Morgan fingerprint density at radius 3 is 1.90 bits per heavy atom. The standard InChI is InChI=1S/C17H38NO3/c1-5-6-7-8-9-10-11-18(2,3)12-13-20-16-17-21-15-14-19-4/h5-17H2,1-4H3/q+1. The molecule has 128 valence electrons. The van der Waals surface area contributed by atoms with Gasteiger partial charge in [0.15, 0.2) is 0 Å². The molecule has 0 unspecified atom stereocenters. The largest absolute Gasteiger partial charge is 0.382 e. The van der Waals surface area contributed by atoms with Crippen molar-refractivity contribution >= 4 is 0 Å². The van der Waals surface area contributed by atoms with Crippen LogP contribution in [0.25, 0.3) is 0 Å². The van der Waals surface area contributed by atoms with E-state index in [-0.39, 0.29) is 0 Å². The Labute approximate surface area is 132 Å². The van der Waals surface area contributed by atoms with Crippen LogP contribution in [0.15, 0.2) is 0 Å². The lowest BCUT2D eigenvalue weighted by Gasteiger charge is -2.29. The molecule has 4 heteroatoms. The quantitative estimate of drug-likeness (QED) is 0.324. The summed E-state index contributed by atoms with van der Waals surface area (Å²) in [5, 5.41) is 0. The number of nitrogens with zero attached hydrogens (tertiary/aromatic N) is 1. The van der Waals surface area contributed by atoms with Gasteiger partial charge >= 0.3 is 0 Å². The molecule has 0 radical (unpaired) electrons. The average Bonchev–Trinajstić information content (AvgIpc) is 2.45. The highest BCUT2D eigenvalue weighted by molar-refractivity contribution is 4.44. The fourth-order valence-electron chi connectivity index (χ4n) is 2.21. The van der Waals surface area contributed by atoms with Gasteiger partial charge in [-0.2, -0.15) is 0 Å². The molecule has 0 fully saturated rings. The molecule has 0 aliphatic rings. The zero-order valence-electron chi connectivity index (χ0n) is 14.9. The average molecular weight is 304 g/mol. The first-order chi connectivity index (χ1) is 10.1. The second kappa shape index (κ2) is 14.8. The normalized spacial score (nSPS) is 12.0. The van der Waals surface area contributed by atoms with Crippen LogP contribution in [0.5, 0.6) is 0 Å². The molecule has 0 N–H and O–H groups in total. The lowest BCUT2D eigenvalue weighted by molar-refractivity contribution is -0.891. The molecule has 0 bridgehead atoms. The van der Waals surface area contributed by atoms with Crippen molar-refractivity contribution in [2.75, 3.05) is 67.3 Å². The zero-order chi connectivity index (χ0) is 15.8. The number of methoxy groups -OCH3 is 1. The monoisotopic (exact) mass is 304 g/mol. The lowest BCUT2D eigenvalue weighted by Crippen LogP contribution is -2.43. The summed E-state index contributed by atoms with van der Waals surface area (Å²) in [4.78, 5) is 0. The highest BCUT2D eigenvalue weighted by atomic mass is 16.5. The van der Waals surface area contributed by atoms with Crippen molar-refractivity contribution in [3.8, 4) is 0 Å². The maximum Gasteiger partial charge on any atom is 0.102 e. The summed E-state index contributed by atoms with van der Waals surface area (Å²) >= 11 is 0. The van der Waals surface area contributed by atoms with E-state index in [2.05, 4.69) is 21.0 Å². The molecule has 4 nitrogen and oxygen atoms in total. The molecule has 0 saturated carbocycles. The molecule has 0 aromatic carbocycles. The summed E-state index contributed by atoms with van der Waals surface area (Å²) in [5.74, 6) is 0. The first-order valence-electron chi connectivity index (χ1n) is 8.59. The molecule has 0 aliphatic heterocycles. The fraction of sp³-hybridized carbons (Fsp3) is 1.00. The Kier molecular flexibility index (Phi) is 14.7. The van der Waals surface area contributed by atoms with Crippen molar-refractivity contribution in [1.82, 2.24) is 0 Å². The molecule has 0 aliphatic carbocycles. The molecular formula is C17H38NO3+. The third-order valence-corrected chi connectivity index (χ3v) is 3.76. The summed E-state index contributed by atoms with van der Waals surface area (Å²) in [7, 11) is 6.28. The van der Waals surface area contributed by atoms with Gasteiger partial charge in [-0.05, 0) is 12.8 Å². The zero-order valence-corrected chi connectivity index (χ0v) is 14.9. The Bertz CT molecular complexity index is 210. The molecule has 0 spiro atoms. The SMILES string of the molecule is CCCCCCCC[N+](C)(C)CCOCCOCCOC. The minimum atomic E-state index is 0.652. The lowest BCUT2D eigenvalue weighted by atomic mass is 10.1. The molecule has 0 atom stereocenters. The predicted molar refractivity (Wildman–Crippen MR) is 88.7 cm³/mol. The van der Waals surface area contributed by atoms with Gasteiger partial charge in [0.05, 0.1) is 53.7 Å². The van der Waals surface area contributed by atoms with Crippen LogP contribution in [-0.4, -0.2) is 71.8 Å². The van der Waals surface area contributed by atoms with E-state index in [0.29, 0.717) is 26.4 Å². The molecule has 0 aromatic rings. The van der Waals surface area contributed by atoms with Crippen LogP contribution in [0.3, 0.4) is 0 Å². The minimum absolute atomic E-state index is 0.652. The Morgan fingerprint density at radius 1 is 0.667 bits per heavy atom. The molecule has 0 aromatic heterocycles. The van der Waals surface area contributed by atoms with Crippen LogP contribution in [0.2, 0.25) is 0 Å². The maximum atomic E-state index is 5.63. The van der Waals surface area contributed by atoms with Crippen LogP contribution >= 0.6 is 0 Å². The van der Waals surface area contributed by atoms with Gasteiger partial charge in [-0.3, -0.25) is 0 Å². The number of unbranched alkanes of at least 4 members (excludes halogenated alkanes) is 5. The van der Waals surface area contributed by atoms with Crippen LogP contribution in [-0.2, 0) is 14.2 Å². The summed E-state index contributed by atoms with van der Waals surface area (Å²) in [6.07, 6.45) is 8.21. The van der Waals surface area contributed by atoms with Crippen molar-refractivity contribution in [2.24, 2.45) is 0 Å². The number of likely N-dealkylation sites (N-methyl/N-ethyl adjacent to an activating group) is 1. The maximum absolute atomic E-state index is 5.63. The Hall–Kier alpha value is -0.160. The molecule has 0 saturated heterocycles.